The molecule has 0 N–H and O–H groups in total. The van der Waals surface area contributed by atoms with Crippen LogP contribution in [0.15, 0.2) is 66.7 Å². The quantitative estimate of drug-likeness (QED) is 0.487. The predicted octanol–water partition coefficient (Wildman–Crippen LogP) is 2.98. The maximum Gasteiger partial charge on any atom is 0.246 e. The lowest BCUT2D eigenvalue weighted by molar-refractivity contribution is -0.134. The van der Waals surface area contributed by atoms with Gasteiger partial charge in [0.05, 0.1) is 0 Å². The van der Waals surface area contributed by atoms with Crippen molar-refractivity contribution in [2.24, 2.45) is 0 Å². The zero-order valence-electron chi connectivity index (χ0n) is 17.6. The lowest BCUT2D eigenvalue weighted by Gasteiger charge is -2.34. The molecule has 1 aliphatic rings. The first kappa shape index (κ1) is 20.3. The summed E-state index contributed by atoms with van der Waals surface area (Å²) in [5.41, 5.74) is 1.84. The topological polar surface area (TPSA) is 67.2 Å². The molecule has 1 aromatic heterocycles. The highest BCUT2D eigenvalue weighted by Gasteiger charge is 2.22. The molecule has 1 fully saturated rings. The lowest BCUT2D eigenvalue weighted by atomic mass is 10.0. The average Bonchev–Trinajstić information content (AvgIpc) is 3.28. The summed E-state index contributed by atoms with van der Waals surface area (Å²) in [6.45, 7) is 3.84. The van der Waals surface area contributed by atoms with E-state index in [0.29, 0.717) is 24.5 Å². The first-order valence-electron chi connectivity index (χ1n) is 10.7. The molecule has 0 bridgehead atoms. The number of carbonyl (C=O) groups is 1. The van der Waals surface area contributed by atoms with Crippen LogP contribution in [0.4, 0.5) is 4.39 Å². The maximum atomic E-state index is 13.4. The van der Waals surface area contributed by atoms with Gasteiger partial charge < -0.3 is 4.90 Å². The Balaban J connectivity index is 1.17. The van der Waals surface area contributed by atoms with E-state index in [0.717, 1.165) is 19.6 Å². The van der Waals surface area contributed by atoms with Crippen molar-refractivity contribution in [3.8, 4) is 11.4 Å². The summed E-state index contributed by atoms with van der Waals surface area (Å²) in [4.78, 5) is 18.2. The Morgan fingerprint density at radius 2 is 1.72 bits per heavy atom. The third kappa shape index (κ3) is 4.36. The van der Waals surface area contributed by atoms with Gasteiger partial charge in [0, 0.05) is 38.3 Å². The van der Waals surface area contributed by atoms with Crippen LogP contribution in [-0.2, 0) is 17.9 Å². The number of nitrogens with zero attached hydrogens (tertiary/aromatic N) is 6. The Morgan fingerprint density at radius 1 is 0.938 bits per heavy atom. The van der Waals surface area contributed by atoms with Crippen molar-refractivity contribution >= 4 is 16.7 Å². The second-order valence-corrected chi connectivity index (χ2v) is 7.95. The van der Waals surface area contributed by atoms with Crippen molar-refractivity contribution in [3.05, 3.63) is 78.1 Å². The first-order chi connectivity index (χ1) is 15.7. The van der Waals surface area contributed by atoms with Crippen LogP contribution in [0.2, 0.25) is 0 Å². The molecule has 0 spiro atoms. The van der Waals surface area contributed by atoms with Crippen molar-refractivity contribution in [2.75, 3.05) is 26.2 Å². The van der Waals surface area contributed by atoms with Crippen LogP contribution < -0.4 is 0 Å². The smallest absolute Gasteiger partial charge is 0.246 e. The number of rotatable bonds is 5. The molecule has 0 saturated carbocycles. The van der Waals surface area contributed by atoms with Crippen LogP contribution >= 0.6 is 0 Å². The number of amides is 1. The van der Waals surface area contributed by atoms with Gasteiger partial charge in [-0.2, -0.15) is 4.80 Å². The largest absolute Gasteiger partial charge is 0.338 e. The fourth-order valence-electron chi connectivity index (χ4n) is 4.10. The Hall–Kier alpha value is -3.65. The van der Waals surface area contributed by atoms with Crippen molar-refractivity contribution < 1.29 is 9.18 Å². The number of aromatic nitrogens is 4. The molecule has 0 radical (unpaired) electrons. The number of hydrogen-bond donors (Lipinski definition) is 0. The minimum Gasteiger partial charge on any atom is -0.338 e. The van der Waals surface area contributed by atoms with Crippen LogP contribution in [0.25, 0.3) is 22.2 Å². The molecule has 32 heavy (non-hydrogen) atoms. The van der Waals surface area contributed by atoms with Crippen molar-refractivity contribution in [2.45, 2.75) is 13.1 Å². The summed E-state index contributed by atoms with van der Waals surface area (Å²) in [7, 11) is 0. The summed E-state index contributed by atoms with van der Waals surface area (Å²) in [6.07, 6.45) is 0. The van der Waals surface area contributed by atoms with Gasteiger partial charge in [0.25, 0.3) is 0 Å². The van der Waals surface area contributed by atoms with Crippen molar-refractivity contribution in [3.63, 3.8) is 0 Å². The number of piperazine rings is 1. The number of fused-ring (bicyclic) bond motifs is 1. The zero-order chi connectivity index (χ0) is 21.9. The van der Waals surface area contributed by atoms with E-state index < -0.39 is 0 Å². The highest BCUT2D eigenvalue weighted by atomic mass is 19.1. The second kappa shape index (κ2) is 8.84. The second-order valence-electron chi connectivity index (χ2n) is 7.95. The summed E-state index contributed by atoms with van der Waals surface area (Å²) < 4.78 is 13.4. The Bertz CT molecular complexity index is 1240. The maximum absolute atomic E-state index is 13.4. The molecular weight excluding hydrogens is 407 g/mol. The standard InChI is InChI=1S/C24H23FN6O/c25-21-9-4-7-19(15-21)24-26-28-31(27-24)17-23(32)30-13-11-29(12-14-30)16-20-8-3-6-18-5-1-2-10-22(18)20/h1-10,15H,11-14,16-17H2. The van der Waals surface area contributed by atoms with Crippen LogP contribution in [-0.4, -0.2) is 62.1 Å². The molecule has 162 valence electrons. The molecule has 0 atom stereocenters. The monoisotopic (exact) mass is 430 g/mol. The zero-order valence-corrected chi connectivity index (χ0v) is 17.6. The molecule has 8 heteroatoms. The van der Waals surface area contributed by atoms with Crippen LogP contribution in [0.5, 0.6) is 0 Å². The summed E-state index contributed by atoms with van der Waals surface area (Å²) in [5, 5.41) is 14.6. The molecule has 1 aliphatic heterocycles. The van der Waals surface area contributed by atoms with Gasteiger partial charge in [0.1, 0.15) is 12.4 Å². The Labute approximate surface area is 185 Å². The molecule has 4 aromatic rings. The number of halogens is 1. The molecule has 0 unspecified atom stereocenters. The molecule has 7 nitrogen and oxygen atoms in total. The van der Waals surface area contributed by atoms with Gasteiger partial charge in [-0.3, -0.25) is 9.69 Å². The number of carbonyl (C=O) groups excluding carboxylic acids is 1. The molecule has 0 aliphatic carbocycles. The van der Waals surface area contributed by atoms with E-state index in [9.17, 15) is 9.18 Å². The van der Waals surface area contributed by atoms with E-state index in [4.69, 9.17) is 0 Å². The molecule has 1 saturated heterocycles. The number of benzene rings is 3. The van der Waals surface area contributed by atoms with Gasteiger partial charge in [-0.05, 0) is 33.7 Å². The van der Waals surface area contributed by atoms with E-state index in [1.54, 1.807) is 12.1 Å². The van der Waals surface area contributed by atoms with Crippen LogP contribution in [0.3, 0.4) is 0 Å². The van der Waals surface area contributed by atoms with E-state index in [1.807, 2.05) is 4.90 Å². The molecular formula is C24H23FN6O. The fourth-order valence-corrected chi connectivity index (χ4v) is 4.10. The van der Waals surface area contributed by atoms with Gasteiger partial charge in [0.2, 0.25) is 11.7 Å². The van der Waals surface area contributed by atoms with Crippen LogP contribution in [0, 0.1) is 5.82 Å². The van der Waals surface area contributed by atoms with Crippen molar-refractivity contribution in [1.82, 2.24) is 30.0 Å². The molecule has 3 aromatic carbocycles. The normalized spacial score (nSPS) is 14.7. The van der Waals surface area contributed by atoms with E-state index >= 15 is 0 Å². The summed E-state index contributed by atoms with van der Waals surface area (Å²) in [5.74, 6) is -0.105. The van der Waals surface area contributed by atoms with Crippen LogP contribution in [0.1, 0.15) is 5.56 Å². The Kier molecular flexibility index (Phi) is 5.60. The Morgan fingerprint density at radius 3 is 2.56 bits per heavy atom. The van der Waals surface area contributed by atoms with Gasteiger partial charge in [-0.25, -0.2) is 4.39 Å². The molecule has 2 heterocycles. The predicted molar refractivity (Wildman–Crippen MR) is 119 cm³/mol. The van der Waals surface area contributed by atoms with Gasteiger partial charge in [0.15, 0.2) is 0 Å². The summed E-state index contributed by atoms with van der Waals surface area (Å²) in [6, 6.07) is 20.8. The number of hydrogen-bond acceptors (Lipinski definition) is 5. The lowest BCUT2D eigenvalue weighted by Crippen LogP contribution is -2.49. The highest BCUT2D eigenvalue weighted by Crippen LogP contribution is 2.20. The SMILES string of the molecule is O=C(Cn1nnc(-c2cccc(F)c2)n1)N1CCN(Cc2cccc3ccccc23)CC1. The van der Waals surface area contributed by atoms with Gasteiger partial charge >= 0.3 is 0 Å². The minimum absolute atomic E-state index is 0.0195. The van der Waals surface area contributed by atoms with E-state index in [-0.39, 0.29) is 18.3 Å². The van der Waals surface area contributed by atoms with Crippen molar-refractivity contribution in [1.29, 1.82) is 0 Å². The van der Waals surface area contributed by atoms with Gasteiger partial charge in [-0.1, -0.05) is 54.6 Å². The number of tetrazole rings is 1. The minimum atomic E-state index is -0.365. The third-order valence-corrected chi connectivity index (χ3v) is 5.81. The average molecular weight is 430 g/mol. The molecule has 1 amide bonds. The van der Waals surface area contributed by atoms with E-state index in [1.165, 1.54) is 33.3 Å². The fraction of sp³-hybridized carbons (Fsp3) is 0.250. The first-order valence-corrected chi connectivity index (χ1v) is 10.7. The summed E-state index contributed by atoms with van der Waals surface area (Å²) >= 11 is 0. The van der Waals surface area contributed by atoms with E-state index in [2.05, 4.69) is 62.8 Å². The highest BCUT2D eigenvalue weighted by molar-refractivity contribution is 5.85. The molecule has 5 rings (SSSR count). The van der Waals surface area contributed by atoms with Gasteiger partial charge in [-0.15, -0.1) is 10.2 Å². The third-order valence-electron chi connectivity index (χ3n) is 5.81.